The van der Waals surface area contributed by atoms with Crippen molar-refractivity contribution in [2.24, 2.45) is 0 Å². The molecule has 1 aromatic rings. The van der Waals surface area contributed by atoms with E-state index in [1.165, 1.54) is 10.5 Å². The summed E-state index contributed by atoms with van der Waals surface area (Å²) in [5.41, 5.74) is 1.35. The van der Waals surface area contributed by atoms with Crippen LogP contribution >= 0.6 is 8.95 Å². The number of aryl methyl sites for hydroxylation is 1. The molecule has 1 rings (SSSR count). The minimum atomic E-state index is -1.67. The Bertz CT molecular complexity index is 246. The van der Waals surface area contributed by atoms with Gasteiger partial charge in [0.2, 0.25) is 0 Å². The molecule has 12 heavy (non-hydrogen) atoms. The maximum atomic E-state index is 2.44. The standard InChI is InChI=1S/C7H8S.3CH3.Sn/c1-6-2-4-7(8)5-3-6;;;;/h2-5,8H,1H3;3*1H3;/q;;;;+1/p-1. The summed E-state index contributed by atoms with van der Waals surface area (Å²) < 4.78 is 0. The molecule has 0 aliphatic carbocycles. The first-order valence-electron chi connectivity index (χ1n) is 4.23. The van der Waals surface area contributed by atoms with E-state index in [-0.39, 0.29) is 0 Å². The Morgan fingerprint density at radius 3 is 1.92 bits per heavy atom. The van der Waals surface area contributed by atoms with Crippen LogP contribution in [0.15, 0.2) is 29.2 Å². The Morgan fingerprint density at radius 1 is 1.00 bits per heavy atom. The Labute approximate surface area is 82.1 Å². The summed E-state index contributed by atoms with van der Waals surface area (Å²) >= 11 is -1.67. The van der Waals surface area contributed by atoms with Crippen molar-refractivity contribution in [2.45, 2.75) is 26.6 Å². The second kappa shape index (κ2) is 4.05. The first-order valence-corrected chi connectivity index (χ1v) is 17.1. The molecule has 0 bridgehead atoms. The summed E-state index contributed by atoms with van der Waals surface area (Å²) in [6.07, 6.45) is 0. The minimum absolute atomic E-state index is 1.35. The van der Waals surface area contributed by atoms with Gasteiger partial charge in [-0.1, -0.05) is 0 Å². The van der Waals surface area contributed by atoms with Crippen molar-refractivity contribution in [3.05, 3.63) is 29.8 Å². The van der Waals surface area contributed by atoms with E-state index in [0.29, 0.717) is 0 Å². The van der Waals surface area contributed by atoms with E-state index in [4.69, 9.17) is 0 Å². The summed E-state index contributed by atoms with van der Waals surface area (Å²) in [6, 6.07) is 8.87. The number of benzene rings is 1. The van der Waals surface area contributed by atoms with Crippen molar-refractivity contribution >= 4 is 25.9 Å². The van der Waals surface area contributed by atoms with E-state index in [1.54, 1.807) is 0 Å². The molecule has 0 N–H and O–H groups in total. The van der Waals surface area contributed by atoms with Crippen molar-refractivity contribution in [1.29, 1.82) is 0 Å². The van der Waals surface area contributed by atoms with Gasteiger partial charge in [0, 0.05) is 0 Å². The van der Waals surface area contributed by atoms with Crippen LogP contribution in [-0.4, -0.2) is 17.0 Å². The van der Waals surface area contributed by atoms with E-state index in [0.717, 1.165) is 0 Å². The second-order valence-electron chi connectivity index (χ2n) is 4.03. The summed E-state index contributed by atoms with van der Waals surface area (Å²) in [6.45, 7) is 2.13. The van der Waals surface area contributed by atoms with Gasteiger partial charge in [0.05, 0.1) is 0 Å². The Balaban J connectivity index is 2.71. The summed E-state index contributed by atoms with van der Waals surface area (Å²) in [7, 11) is 2.12. The molecular formula is C10H16SSn. The first kappa shape index (κ1) is 10.4. The van der Waals surface area contributed by atoms with Crippen LogP contribution in [0.2, 0.25) is 14.8 Å². The van der Waals surface area contributed by atoms with Crippen LogP contribution in [0, 0.1) is 6.92 Å². The molecule has 0 heterocycles. The van der Waals surface area contributed by atoms with Crippen molar-refractivity contribution in [3.63, 3.8) is 0 Å². The molecule has 0 radical (unpaired) electrons. The third-order valence-corrected chi connectivity index (χ3v) is 9.83. The molecular weight excluding hydrogens is 271 g/mol. The fraction of sp³-hybridized carbons (Fsp3) is 0.400. The third-order valence-electron chi connectivity index (χ3n) is 1.45. The topological polar surface area (TPSA) is 0 Å². The number of hydrogen-bond acceptors (Lipinski definition) is 1. The average Bonchev–Trinajstić information content (AvgIpc) is 1.91. The molecule has 66 valence electrons. The fourth-order valence-electron chi connectivity index (χ4n) is 0.960. The van der Waals surface area contributed by atoms with Gasteiger partial charge < -0.3 is 0 Å². The van der Waals surface area contributed by atoms with Gasteiger partial charge in [-0.2, -0.15) is 0 Å². The van der Waals surface area contributed by atoms with Crippen LogP contribution in [0.5, 0.6) is 0 Å². The molecule has 0 amide bonds. The summed E-state index contributed by atoms with van der Waals surface area (Å²) in [5, 5.41) is 0. The zero-order valence-electron chi connectivity index (χ0n) is 8.22. The van der Waals surface area contributed by atoms with Gasteiger partial charge in [0.25, 0.3) is 0 Å². The van der Waals surface area contributed by atoms with Crippen LogP contribution in [0.1, 0.15) is 5.56 Å². The van der Waals surface area contributed by atoms with E-state index < -0.39 is 17.0 Å². The maximum absolute atomic E-state index is 2.44. The zero-order valence-corrected chi connectivity index (χ0v) is 11.9. The number of rotatable bonds is 2. The predicted octanol–water partition coefficient (Wildman–Crippen LogP) is 3.92. The third kappa shape index (κ3) is 3.85. The van der Waals surface area contributed by atoms with Crippen molar-refractivity contribution < 1.29 is 0 Å². The molecule has 0 atom stereocenters. The molecule has 0 aliphatic rings. The predicted molar refractivity (Wildman–Crippen MR) is 60.4 cm³/mol. The molecule has 0 nitrogen and oxygen atoms in total. The van der Waals surface area contributed by atoms with Crippen molar-refractivity contribution in [2.75, 3.05) is 0 Å². The molecule has 0 fully saturated rings. The van der Waals surface area contributed by atoms with Gasteiger partial charge >= 0.3 is 82.4 Å². The fourth-order valence-corrected chi connectivity index (χ4v) is 9.16. The van der Waals surface area contributed by atoms with Gasteiger partial charge in [-0.3, -0.25) is 0 Å². The molecule has 0 unspecified atom stereocenters. The SMILES string of the molecule is Cc1ccc([S][Sn]([CH3])([CH3])[CH3])cc1. The normalized spacial score (nSPS) is 11.7. The Kier molecular flexibility index (Phi) is 3.53. The molecule has 2 heteroatoms. The van der Waals surface area contributed by atoms with Crippen LogP contribution in [0.25, 0.3) is 0 Å². The molecule has 1 aromatic carbocycles. The van der Waals surface area contributed by atoms with Gasteiger partial charge in [-0.15, -0.1) is 0 Å². The van der Waals surface area contributed by atoms with Crippen LogP contribution in [-0.2, 0) is 0 Å². The molecule has 0 aliphatic heterocycles. The van der Waals surface area contributed by atoms with Gasteiger partial charge in [-0.25, -0.2) is 0 Å². The van der Waals surface area contributed by atoms with Crippen LogP contribution < -0.4 is 0 Å². The Morgan fingerprint density at radius 2 is 1.50 bits per heavy atom. The van der Waals surface area contributed by atoms with Crippen molar-refractivity contribution in [1.82, 2.24) is 0 Å². The molecule has 0 spiro atoms. The van der Waals surface area contributed by atoms with E-state index in [2.05, 4.69) is 55.0 Å². The van der Waals surface area contributed by atoms with E-state index in [9.17, 15) is 0 Å². The van der Waals surface area contributed by atoms with E-state index >= 15 is 0 Å². The van der Waals surface area contributed by atoms with Crippen LogP contribution in [0.3, 0.4) is 0 Å². The van der Waals surface area contributed by atoms with Gasteiger partial charge in [0.1, 0.15) is 0 Å². The molecule has 0 saturated heterocycles. The average molecular weight is 287 g/mol. The van der Waals surface area contributed by atoms with Crippen LogP contribution in [0.4, 0.5) is 0 Å². The second-order valence-corrected chi connectivity index (χ2v) is 26.7. The molecule has 0 aromatic heterocycles. The van der Waals surface area contributed by atoms with Gasteiger partial charge in [-0.05, 0) is 0 Å². The Hall–Kier alpha value is 0.369. The number of hydrogen-bond donors (Lipinski definition) is 0. The van der Waals surface area contributed by atoms with E-state index in [1.807, 2.05) is 0 Å². The van der Waals surface area contributed by atoms with Crippen molar-refractivity contribution in [3.8, 4) is 0 Å². The van der Waals surface area contributed by atoms with Gasteiger partial charge in [0.15, 0.2) is 0 Å². The summed E-state index contributed by atoms with van der Waals surface area (Å²) in [5.74, 6) is 0. The quantitative estimate of drug-likeness (QED) is 0.743. The summed E-state index contributed by atoms with van der Waals surface area (Å²) in [4.78, 5) is 8.78. The first-order chi connectivity index (χ1) is 5.47. The monoisotopic (exact) mass is 288 g/mol. The zero-order chi connectivity index (χ0) is 9.19. The molecule has 0 saturated carbocycles.